The van der Waals surface area contributed by atoms with Crippen molar-refractivity contribution in [3.8, 4) is 0 Å². The van der Waals surface area contributed by atoms with E-state index in [-0.39, 0.29) is 5.97 Å². The molecule has 0 spiro atoms. The van der Waals surface area contributed by atoms with Gasteiger partial charge < -0.3 is 4.74 Å². The molecule has 1 heterocycles. The molecule has 0 aliphatic rings. The summed E-state index contributed by atoms with van der Waals surface area (Å²) in [6, 6.07) is 4.18. The zero-order chi connectivity index (χ0) is 22.6. The molecule has 0 aliphatic heterocycles. The first-order valence-electron chi connectivity index (χ1n) is 13.4. The van der Waals surface area contributed by atoms with Crippen LogP contribution in [0.5, 0.6) is 0 Å². The molecule has 0 aromatic carbocycles. The van der Waals surface area contributed by atoms with Gasteiger partial charge >= 0.3 is 5.97 Å². The van der Waals surface area contributed by atoms with Crippen LogP contribution >= 0.6 is 0 Å². The summed E-state index contributed by atoms with van der Waals surface area (Å²) in [6.07, 6.45) is 23.1. The second kappa shape index (κ2) is 19.3. The van der Waals surface area contributed by atoms with Crippen molar-refractivity contribution in [3.63, 3.8) is 0 Å². The van der Waals surface area contributed by atoms with Gasteiger partial charge in [0.1, 0.15) is 5.69 Å². The fourth-order valence-corrected chi connectivity index (χ4v) is 4.14. The number of carbonyl (C=O) groups is 1. The van der Waals surface area contributed by atoms with Gasteiger partial charge in [-0.05, 0) is 50.3 Å². The zero-order valence-electron chi connectivity index (χ0n) is 20.9. The van der Waals surface area contributed by atoms with Gasteiger partial charge in [-0.3, -0.25) is 0 Å². The maximum Gasteiger partial charge on any atom is 0.356 e. The summed E-state index contributed by atoms with van der Waals surface area (Å²) in [6.45, 7) is 6.78. The molecule has 0 radical (unpaired) electrons. The number of hydrogen-bond donors (Lipinski definition) is 0. The molecule has 0 amide bonds. The first-order valence-corrected chi connectivity index (χ1v) is 13.4. The largest absolute Gasteiger partial charge is 0.461 e. The number of nitrogens with zero attached hydrogens (tertiary/aromatic N) is 1. The number of esters is 1. The van der Waals surface area contributed by atoms with E-state index in [4.69, 9.17) is 4.74 Å². The van der Waals surface area contributed by atoms with Crippen LogP contribution in [0.25, 0.3) is 0 Å². The summed E-state index contributed by atoms with van der Waals surface area (Å²) in [5.41, 5.74) is 2.80. The van der Waals surface area contributed by atoms with E-state index >= 15 is 0 Å². The van der Waals surface area contributed by atoms with Crippen molar-refractivity contribution in [2.45, 2.75) is 136 Å². The Morgan fingerprint density at radius 3 is 1.68 bits per heavy atom. The van der Waals surface area contributed by atoms with Crippen LogP contribution in [0.2, 0.25) is 0 Å². The second-order valence-electron chi connectivity index (χ2n) is 9.02. The third kappa shape index (κ3) is 14.3. The molecule has 3 heteroatoms. The molecule has 0 saturated carbocycles. The molecule has 0 unspecified atom stereocenters. The first-order chi connectivity index (χ1) is 15.2. The summed E-state index contributed by atoms with van der Waals surface area (Å²) in [7, 11) is 0. The Morgan fingerprint density at radius 2 is 1.16 bits per heavy atom. The minimum Gasteiger partial charge on any atom is -0.461 e. The van der Waals surface area contributed by atoms with Crippen molar-refractivity contribution in [1.29, 1.82) is 0 Å². The van der Waals surface area contributed by atoms with Gasteiger partial charge in [-0.1, -0.05) is 104 Å². The molecule has 3 nitrogen and oxygen atoms in total. The number of ether oxygens (including phenoxy) is 1. The van der Waals surface area contributed by atoms with Crippen LogP contribution in [0.15, 0.2) is 12.1 Å². The number of unbranched alkanes of at least 4 members (excludes halogenated alkanes) is 14. The highest BCUT2D eigenvalue weighted by atomic mass is 16.5. The number of aromatic nitrogens is 1. The lowest BCUT2D eigenvalue weighted by Crippen LogP contribution is -2.10. The van der Waals surface area contributed by atoms with Crippen molar-refractivity contribution in [1.82, 2.24) is 4.98 Å². The van der Waals surface area contributed by atoms with Gasteiger partial charge in [0.2, 0.25) is 0 Å². The quantitative estimate of drug-likeness (QED) is 0.153. The van der Waals surface area contributed by atoms with E-state index < -0.39 is 0 Å². The highest BCUT2D eigenvalue weighted by Gasteiger charge is 2.12. The number of rotatable bonds is 20. The van der Waals surface area contributed by atoms with E-state index in [2.05, 4.69) is 24.9 Å². The van der Waals surface area contributed by atoms with Gasteiger partial charge in [-0.25, -0.2) is 9.78 Å². The molecule has 0 aliphatic carbocycles. The summed E-state index contributed by atoms with van der Waals surface area (Å²) >= 11 is 0. The van der Waals surface area contributed by atoms with Crippen molar-refractivity contribution in [2.24, 2.45) is 0 Å². The van der Waals surface area contributed by atoms with Gasteiger partial charge in [0.15, 0.2) is 0 Å². The van der Waals surface area contributed by atoms with Crippen LogP contribution in [0.4, 0.5) is 0 Å². The molecule has 0 fully saturated rings. The predicted molar refractivity (Wildman–Crippen MR) is 133 cm³/mol. The van der Waals surface area contributed by atoms with E-state index in [1.165, 1.54) is 102 Å². The van der Waals surface area contributed by atoms with Crippen LogP contribution in [0, 0.1) is 0 Å². The Morgan fingerprint density at radius 1 is 0.677 bits per heavy atom. The summed E-state index contributed by atoms with van der Waals surface area (Å²) < 4.78 is 5.22. The van der Waals surface area contributed by atoms with Gasteiger partial charge in [-0.2, -0.15) is 0 Å². The molecule has 0 atom stereocenters. The monoisotopic (exact) mass is 431 g/mol. The van der Waals surface area contributed by atoms with E-state index in [1.54, 1.807) is 0 Å². The summed E-state index contributed by atoms with van der Waals surface area (Å²) in [5.74, 6) is -0.280. The predicted octanol–water partition coefficient (Wildman–Crippen LogP) is 8.62. The third-order valence-corrected chi connectivity index (χ3v) is 6.03. The summed E-state index contributed by atoms with van der Waals surface area (Å²) in [5, 5.41) is 0. The first kappa shape index (κ1) is 27.7. The Hall–Kier alpha value is -1.38. The summed E-state index contributed by atoms with van der Waals surface area (Å²) in [4.78, 5) is 16.9. The second-order valence-corrected chi connectivity index (χ2v) is 9.02. The van der Waals surface area contributed by atoms with Crippen molar-refractivity contribution in [3.05, 3.63) is 29.1 Å². The molecule has 0 N–H and O–H groups in total. The van der Waals surface area contributed by atoms with E-state index in [0.29, 0.717) is 12.3 Å². The Bertz CT molecular complexity index is 532. The van der Waals surface area contributed by atoms with Crippen LogP contribution < -0.4 is 0 Å². The molecular formula is C28H49NO2. The lowest BCUT2D eigenvalue weighted by Gasteiger charge is -2.09. The smallest absolute Gasteiger partial charge is 0.356 e. The van der Waals surface area contributed by atoms with E-state index in [0.717, 1.165) is 25.0 Å². The van der Waals surface area contributed by atoms with Gasteiger partial charge in [0.25, 0.3) is 0 Å². The Labute approximate surface area is 192 Å². The maximum atomic E-state index is 12.3. The number of hydrogen-bond acceptors (Lipinski definition) is 3. The highest BCUT2D eigenvalue weighted by molar-refractivity contribution is 5.87. The zero-order valence-corrected chi connectivity index (χ0v) is 20.9. The molecule has 0 bridgehead atoms. The number of pyridine rings is 1. The molecule has 31 heavy (non-hydrogen) atoms. The van der Waals surface area contributed by atoms with Crippen LogP contribution in [-0.2, 0) is 17.6 Å². The minimum atomic E-state index is -0.280. The van der Waals surface area contributed by atoms with Crippen molar-refractivity contribution < 1.29 is 9.53 Å². The van der Waals surface area contributed by atoms with Crippen molar-refractivity contribution in [2.75, 3.05) is 6.61 Å². The third-order valence-electron chi connectivity index (χ3n) is 6.03. The lowest BCUT2D eigenvalue weighted by atomic mass is 10.0. The minimum absolute atomic E-state index is 0.280. The fraction of sp³-hybridized carbons (Fsp3) is 0.786. The van der Waals surface area contributed by atoms with Gasteiger partial charge in [-0.15, -0.1) is 0 Å². The van der Waals surface area contributed by atoms with Crippen molar-refractivity contribution >= 4 is 5.97 Å². The van der Waals surface area contributed by atoms with E-state index in [9.17, 15) is 4.79 Å². The fourth-order valence-electron chi connectivity index (χ4n) is 4.14. The number of aryl methyl sites for hydroxylation is 2. The topological polar surface area (TPSA) is 39.2 Å². The van der Waals surface area contributed by atoms with Gasteiger partial charge in [0.05, 0.1) is 6.61 Å². The molecule has 1 aromatic rings. The maximum absolute atomic E-state index is 12.3. The van der Waals surface area contributed by atoms with Gasteiger partial charge in [0, 0.05) is 5.69 Å². The average molecular weight is 432 g/mol. The molecule has 1 aromatic heterocycles. The highest BCUT2D eigenvalue weighted by Crippen LogP contribution is 2.16. The SMILES string of the molecule is CCCCCCCCCCc1cc(CCCCCCCCCC)nc(C(=O)OCC)c1. The van der Waals surface area contributed by atoms with E-state index in [1.807, 2.05) is 13.0 Å². The van der Waals surface area contributed by atoms with Crippen LogP contribution in [0.3, 0.4) is 0 Å². The average Bonchev–Trinajstić information content (AvgIpc) is 2.77. The molecular weight excluding hydrogens is 382 g/mol. The molecule has 0 saturated heterocycles. The molecule has 178 valence electrons. The Balaban J connectivity index is 2.44. The Kier molecular flexibility index (Phi) is 17.2. The standard InChI is InChI=1S/C28H49NO2/c1-4-7-9-11-13-15-17-19-21-25-23-26(29-27(24-25)28(30)31-6-3)22-20-18-16-14-12-10-8-5-2/h23-24H,4-22H2,1-3H3. The van der Waals surface area contributed by atoms with Crippen LogP contribution in [-0.4, -0.2) is 17.6 Å². The molecule has 1 rings (SSSR count). The lowest BCUT2D eigenvalue weighted by molar-refractivity contribution is 0.0519. The number of carbonyl (C=O) groups excluding carboxylic acids is 1. The normalized spacial score (nSPS) is 11.1. The van der Waals surface area contributed by atoms with Crippen LogP contribution in [0.1, 0.15) is 145 Å².